The van der Waals surface area contributed by atoms with Crippen LogP contribution in [-0.2, 0) is 0 Å². The first-order chi connectivity index (χ1) is 6.68. The van der Waals surface area contributed by atoms with Crippen molar-refractivity contribution in [3.05, 3.63) is 0 Å². The first-order valence-electron chi connectivity index (χ1n) is 6.52. The van der Waals surface area contributed by atoms with Crippen LogP contribution in [0.3, 0.4) is 0 Å². The summed E-state index contributed by atoms with van der Waals surface area (Å²) in [5, 5.41) is 0. The van der Waals surface area contributed by atoms with Crippen LogP contribution in [0.1, 0.15) is 46.0 Å². The molecule has 0 aromatic carbocycles. The van der Waals surface area contributed by atoms with E-state index in [2.05, 4.69) is 20.9 Å². The molecule has 2 heteroatoms. The van der Waals surface area contributed by atoms with Crippen LogP contribution in [0, 0.1) is 0 Å². The van der Waals surface area contributed by atoms with Gasteiger partial charge in [-0.2, -0.15) is 0 Å². The zero-order valence-corrected chi connectivity index (χ0v) is 12.8. The van der Waals surface area contributed by atoms with Crippen molar-refractivity contribution in [2.75, 3.05) is 26.7 Å². The molecule has 14 heavy (non-hydrogen) atoms. The first-order valence-corrected chi connectivity index (χ1v) is 7.93. The highest BCUT2D eigenvalue weighted by atomic mass is 28.1. The van der Waals surface area contributed by atoms with Gasteiger partial charge in [0.2, 0.25) is 0 Å². The number of unbranched alkanes of at least 4 members (excludes halogenated alkanes) is 2. The molecular weight excluding hydrogens is 186 g/mol. The van der Waals surface area contributed by atoms with Gasteiger partial charge in [-0.1, -0.05) is 32.7 Å². The van der Waals surface area contributed by atoms with Gasteiger partial charge >= 0.3 is 0 Å². The summed E-state index contributed by atoms with van der Waals surface area (Å²) in [7, 11) is 3.84. The average molecular weight is 216 g/mol. The van der Waals surface area contributed by atoms with Crippen LogP contribution in [0.15, 0.2) is 0 Å². The molecule has 0 aliphatic heterocycles. The molecule has 0 spiro atoms. The van der Waals surface area contributed by atoms with Gasteiger partial charge in [0.15, 0.2) is 0 Å². The van der Waals surface area contributed by atoms with E-state index >= 15 is 0 Å². The Kier molecular flexibility index (Phi) is 8.59. The Morgan fingerprint density at radius 1 is 0.857 bits per heavy atom. The van der Waals surface area contributed by atoms with Crippen molar-refractivity contribution in [2.45, 2.75) is 52.0 Å². The Bertz CT molecular complexity index is 104. The molecule has 0 unspecified atom stereocenters. The van der Waals surface area contributed by atoms with Gasteiger partial charge in [0.05, 0.1) is 26.7 Å². The SMILES string of the molecule is CCCC[N+](C)(CCCC)CCC[SiH3]. The molecule has 0 saturated heterocycles. The van der Waals surface area contributed by atoms with E-state index in [1.807, 2.05) is 0 Å². The van der Waals surface area contributed by atoms with E-state index in [9.17, 15) is 0 Å². The molecule has 86 valence electrons. The summed E-state index contributed by atoms with van der Waals surface area (Å²) in [6.45, 7) is 8.83. The van der Waals surface area contributed by atoms with Crippen molar-refractivity contribution >= 4 is 10.2 Å². The Labute approximate surface area is 93.9 Å². The summed E-state index contributed by atoms with van der Waals surface area (Å²) in [5.41, 5.74) is 0. The molecule has 0 radical (unpaired) electrons. The fraction of sp³-hybridized carbons (Fsp3) is 1.00. The average Bonchev–Trinajstić information content (AvgIpc) is 2.21. The van der Waals surface area contributed by atoms with Crippen molar-refractivity contribution < 1.29 is 4.48 Å². The number of hydrogen-bond acceptors (Lipinski definition) is 0. The van der Waals surface area contributed by atoms with Crippen LogP contribution >= 0.6 is 0 Å². The monoisotopic (exact) mass is 216 g/mol. The van der Waals surface area contributed by atoms with E-state index in [-0.39, 0.29) is 0 Å². The minimum atomic E-state index is 1.34. The van der Waals surface area contributed by atoms with Crippen LogP contribution in [0.2, 0.25) is 6.04 Å². The summed E-state index contributed by atoms with van der Waals surface area (Å²) < 4.78 is 1.34. The fourth-order valence-corrected chi connectivity index (χ4v) is 2.27. The van der Waals surface area contributed by atoms with Gasteiger partial charge in [0.1, 0.15) is 0 Å². The predicted molar refractivity (Wildman–Crippen MR) is 70.0 cm³/mol. The van der Waals surface area contributed by atoms with Gasteiger partial charge in [0, 0.05) is 10.2 Å². The lowest BCUT2D eigenvalue weighted by Gasteiger charge is -2.34. The third kappa shape index (κ3) is 6.60. The van der Waals surface area contributed by atoms with Crippen molar-refractivity contribution in [1.29, 1.82) is 0 Å². The second-order valence-corrected chi connectivity index (χ2v) is 5.85. The lowest BCUT2D eigenvalue weighted by molar-refractivity contribution is -0.910. The summed E-state index contributed by atoms with van der Waals surface area (Å²) in [5.74, 6) is 0. The van der Waals surface area contributed by atoms with E-state index in [0.29, 0.717) is 0 Å². The molecule has 0 aromatic rings. The molecule has 0 atom stereocenters. The topological polar surface area (TPSA) is 0 Å². The van der Waals surface area contributed by atoms with E-state index in [1.165, 1.54) is 72.5 Å². The molecular formula is C12H30NSi+. The van der Waals surface area contributed by atoms with Gasteiger partial charge < -0.3 is 4.48 Å². The minimum Gasteiger partial charge on any atom is -0.326 e. The van der Waals surface area contributed by atoms with E-state index in [0.717, 1.165) is 0 Å². The highest BCUT2D eigenvalue weighted by molar-refractivity contribution is 6.08. The molecule has 0 amide bonds. The molecule has 0 aliphatic rings. The molecule has 0 aliphatic carbocycles. The van der Waals surface area contributed by atoms with E-state index < -0.39 is 0 Å². The fourth-order valence-electron chi connectivity index (χ4n) is 1.95. The van der Waals surface area contributed by atoms with Gasteiger partial charge in [-0.15, -0.1) is 0 Å². The minimum absolute atomic E-state index is 1.34. The maximum atomic E-state index is 2.46. The molecule has 0 fully saturated rings. The largest absolute Gasteiger partial charge is 0.326 e. The van der Waals surface area contributed by atoms with Gasteiger partial charge in [0.25, 0.3) is 0 Å². The lowest BCUT2D eigenvalue weighted by atomic mass is 10.2. The maximum absolute atomic E-state index is 2.46. The number of hydrogen-bond donors (Lipinski definition) is 0. The molecule has 0 heterocycles. The van der Waals surface area contributed by atoms with Gasteiger partial charge in [-0.05, 0) is 19.3 Å². The van der Waals surface area contributed by atoms with Gasteiger partial charge in [-0.25, -0.2) is 0 Å². The normalized spacial score (nSPS) is 12.2. The van der Waals surface area contributed by atoms with Crippen molar-refractivity contribution in [3.63, 3.8) is 0 Å². The summed E-state index contributed by atoms with van der Waals surface area (Å²) >= 11 is 0. The lowest BCUT2D eigenvalue weighted by Crippen LogP contribution is -2.46. The van der Waals surface area contributed by atoms with Crippen LogP contribution in [0.4, 0.5) is 0 Å². The molecule has 0 bridgehead atoms. The van der Waals surface area contributed by atoms with Crippen LogP contribution < -0.4 is 0 Å². The Balaban J connectivity index is 3.89. The number of rotatable bonds is 9. The zero-order chi connectivity index (χ0) is 10.9. The standard InChI is InChI=1S/C12H30NSi/c1-4-6-9-13(3,10-7-5-2)11-8-12-14/h4-12H2,1-3,14H3/q+1. The smallest absolute Gasteiger partial charge is 0.0784 e. The molecule has 0 N–H and O–H groups in total. The van der Waals surface area contributed by atoms with Gasteiger partial charge in [-0.3, -0.25) is 0 Å². The highest BCUT2D eigenvalue weighted by Crippen LogP contribution is 2.10. The number of nitrogens with zero attached hydrogens (tertiary/aromatic N) is 1. The van der Waals surface area contributed by atoms with Crippen LogP contribution in [-0.4, -0.2) is 41.4 Å². The van der Waals surface area contributed by atoms with E-state index in [4.69, 9.17) is 0 Å². The third-order valence-electron chi connectivity index (χ3n) is 3.15. The maximum Gasteiger partial charge on any atom is 0.0784 e. The molecule has 0 saturated carbocycles. The Hall–Kier alpha value is 0.177. The zero-order valence-electron chi connectivity index (χ0n) is 10.8. The van der Waals surface area contributed by atoms with Crippen molar-refractivity contribution in [3.8, 4) is 0 Å². The van der Waals surface area contributed by atoms with Crippen molar-refractivity contribution in [2.24, 2.45) is 0 Å². The molecule has 0 rings (SSSR count). The summed E-state index contributed by atoms with van der Waals surface area (Å²) in [6, 6.07) is 1.48. The molecule has 1 nitrogen and oxygen atoms in total. The first kappa shape index (κ1) is 14.2. The summed E-state index contributed by atoms with van der Waals surface area (Å²) in [6.07, 6.45) is 6.96. The van der Waals surface area contributed by atoms with Crippen LogP contribution in [0.5, 0.6) is 0 Å². The number of quaternary nitrogens is 1. The Morgan fingerprint density at radius 2 is 1.29 bits per heavy atom. The van der Waals surface area contributed by atoms with E-state index in [1.54, 1.807) is 0 Å². The summed E-state index contributed by atoms with van der Waals surface area (Å²) in [4.78, 5) is 0. The quantitative estimate of drug-likeness (QED) is 0.409. The van der Waals surface area contributed by atoms with Crippen LogP contribution in [0.25, 0.3) is 0 Å². The third-order valence-corrected chi connectivity index (χ3v) is 3.86. The second kappa shape index (κ2) is 8.48. The van der Waals surface area contributed by atoms with Crippen molar-refractivity contribution in [1.82, 2.24) is 0 Å². The predicted octanol–water partition coefficient (Wildman–Crippen LogP) is 2.21. The molecule has 0 aromatic heterocycles. The Morgan fingerprint density at radius 3 is 1.64 bits per heavy atom. The highest BCUT2D eigenvalue weighted by Gasteiger charge is 2.18. The second-order valence-electron chi connectivity index (χ2n) is 4.85.